The summed E-state index contributed by atoms with van der Waals surface area (Å²) in [5.41, 5.74) is 0.0114. The van der Waals surface area contributed by atoms with Gasteiger partial charge in [0.05, 0.1) is 0 Å². The minimum Gasteiger partial charge on any atom is -0.294 e. The number of carbonyl (C=O) groups is 2. The fourth-order valence-corrected chi connectivity index (χ4v) is 5.37. The maximum Gasteiger partial charge on any atom is 0.295 e. The van der Waals surface area contributed by atoms with Crippen molar-refractivity contribution in [2.75, 3.05) is 0 Å². The van der Waals surface area contributed by atoms with Crippen LogP contribution < -0.4 is 0 Å². The normalized spacial score (nSPS) is 12.8. The Balaban J connectivity index is 2.46. The number of hydrogen-bond acceptors (Lipinski definition) is 6. The van der Waals surface area contributed by atoms with Crippen molar-refractivity contribution in [1.82, 2.24) is 0 Å². The largest absolute Gasteiger partial charge is 0.295 e. The van der Waals surface area contributed by atoms with Crippen molar-refractivity contribution in [3.8, 4) is 0 Å². The molecular formula is C20H14O8S2. The topological polar surface area (TPSA) is 143 Å². The van der Waals surface area contributed by atoms with Crippen LogP contribution in [0.1, 0.15) is 34.6 Å². The Morgan fingerprint density at radius 2 is 0.933 bits per heavy atom. The highest BCUT2D eigenvalue weighted by atomic mass is 32.2. The van der Waals surface area contributed by atoms with E-state index < -0.39 is 41.6 Å². The molecule has 0 fully saturated rings. The van der Waals surface area contributed by atoms with Crippen LogP contribution in [0, 0.1) is 0 Å². The summed E-state index contributed by atoms with van der Waals surface area (Å²) in [6.07, 6.45) is 0. The third-order valence-electron chi connectivity index (χ3n) is 5.14. The van der Waals surface area contributed by atoms with Crippen LogP contribution in [0.25, 0.3) is 32.3 Å². The summed E-state index contributed by atoms with van der Waals surface area (Å²) < 4.78 is 67.5. The number of carbonyl (C=O) groups excluding carboxylic acids is 2. The molecule has 30 heavy (non-hydrogen) atoms. The van der Waals surface area contributed by atoms with E-state index in [1.54, 1.807) is 0 Å². The molecule has 2 N–H and O–H groups in total. The zero-order valence-corrected chi connectivity index (χ0v) is 17.3. The fraction of sp³-hybridized carbons (Fsp3) is 0.100. The second-order valence-corrected chi connectivity index (χ2v) is 9.76. The van der Waals surface area contributed by atoms with Gasteiger partial charge in [-0.1, -0.05) is 24.3 Å². The molecule has 4 aromatic rings. The molecule has 0 aromatic heterocycles. The van der Waals surface area contributed by atoms with Crippen LogP contribution in [-0.2, 0) is 20.2 Å². The minimum absolute atomic E-state index is 0.00570. The van der Waals surface area contributed by atoms with Crippen molar-refractivity contribution in [1.29, 1.82) is 0 Å². The number of benzene rings is 4. The SMILES string of the molecule is CC(=O)c1cc(S(=O)(=O)O)c2ccc3c(C(C)=O)cc(S(=O)(=O)O)c4ccc1c2c34. The lowest BCUT2D eigenvalue weighted by Gasteiger charge is -2.18. The average molecular weight is 446 g/mol. The third kappa shape index (κ3) is 2.88. The van der Waals surface area contributed by atoms with Crippen LogP contribution in [0.5, 0.6) is 0 Å². The molecule has 0 spiro atoms. The summed E-state index contributed by atoms with van der Waals surface area (Å²) in [7, 11) is -9.47. The second kappa shape index (κ2) is 6.29. The van der Waals surface area contributed by atoms with E-state index in [4.69, 9.17) is 0 Å². The Labute approximate surface area is 170 Å². The van der Waals surface area contributed by atoms with Crippen LogP contribution in [-0.4, -0.2) is 37.5 Å². The summed E-state index contributed by atoms with van der Waals surface area (Å²) >= 11 is 0. The summed E-state index contributed by atoms with van der Waals surface area (Å²) in [5.74, 6) is -0.945. The van der Waals surface area contributed by atoms with Crippen molar-refractivity contribution < 1.29 is 35.5 Å². The number of Topliss-reactive ketones (excluding diaryl/α,β-unsaturated/α-hetero) is 2. The van der Waals surface area contributed by atoms with Gasteiger partial charge in [0, 0.05) is 21.9 Å². The lowest BCUT2D eigenvalue weighted by molar-refractivity contribution is 0.101. The predicted molar refractivity (Wildman–Crippen MR) is 110 cm³/mol. The van der Waals surface area contributed by atoms with Gasteiger partial charge in [-0.3, -0.25) is 18.7 Å². The minimum atomic E-state index is -4.74. The smallest absolute Gasteiger partial charge is 0.294 e. The molecule has 0 radical (unpaired) electrons. The van der Waals surface area contributed by atoms with Gasteiger partial charge in [-0.2, -0.15) is 16.8 Å². The van der Waals surface area contributed by atoms with Gasteiger partial charge in [-0.05, 0) is 47.5 Å². The second-order valence-electron chi connectivity index (χ2n) is 6.98. The average Bonchev–Trinajstić information content (AvgIpc) is 2.62. The molecule has 0 atom stereocenters. The van der Waals surface area contributed by atoms with E-state index in [1.165, 1.54) is 38.1 Å². The van der Waals surface area contributed by atoms with Gasteiger partial charge >= 0.3 is 0 Å². The standard InChI is InChI=1S/C20H14O8S2/c1-9(21)15-7-17(29(23,24)25)13-6-4-12-16(10(2)22)8-18(30(26,27)28)14-5-3-11(15)19(13)20(12)14/h3-8H,1-2H3,(H,23,24,25)(H,26,27,28). The van der Waals surface area contributed by atoms with Crippen LogP contribution in [0.4, 0.5) is 0 Å². The molecule has 10 heteroatoms. The molecule has 4 rings (SSSR count). The molecule has 8 nitrogen and oxygen atoms in total. The monoisotopic (exact) mass is 446 g/mol. The summed E-state index contributed by atoms with van der Waals surface area (Å²) in [4.78, 5) is 23.4. The zero-order valence-electron chi connectivity index (χ0n) is 15.6. The van der Waals surface area contributed by atoms with Crippen LogP contribution >= 0.6 is 0 Å². The molecule has 0 aliphatic carbocycles. The molecule has 0 amide bonds. The maximum absolute atomic E-state index is 12.2. The van der Waals surface area contributed by atoms with Gasteiger partial charge in [0.1, 0.15) is 9.79 Å². The first-order valence-corrected chi connectivity index (χ1v) is 11.5. The van der Waals surface area contributed by atoms with Gasteiger partial charge in [-0.15, -0.1) is 0 Å². The van der Waals surface area contributed by atoms with Crippen molar-refractivity contribution >= 4 is 64.1 Å². The molecule has 0 bridgehead atoms. The van der Waals surface area contributed by atoms with Gasteiger partial charge in [0.25, 0.3) is 20.2 Å². The lowest BCUT2D eigenvalue weighted by Crippen LogP contribution is -2.07. The molecule has 0 aliphatic rings. The molecule has 0 aliphatic heterocycles. The molecule has 4 aromatic carbocycles. The van der Waals surface area contributed by atoms with Gasteiger partial charge in [0.15, 0.2) is 11.6 Å². The Morgan fingerprint density at radius 1 is 0.633 bits per heavy atom. The summed E-state index contributed by atoms with van der Waals surface area (Å²) in [6.45, 7) is 2.45. The van der Waals surface area contributed by atoms with Crippen LogP contribution in [0.3, 0.4) is 0 Å². The molecule has 0 saturated carbocycles. The summed E-state index contributed by atoms with van der Waals surface area (Å²) in [5, 5.41) is 1.14. The Bertz CT molecular complexity index is 1510. The first kappa shape index (κ1) is 20.4. The van der Waals surface area contributed by atoms with E-state index in [9.17, 15) is 35.5 Å². The third-order valence-corrected chi connectivity index (χ3v) is 6.92. The van der Waals surface area contributed by atoms with Crippen molar-refractivity contribution in [2.24, 2.45) is 0 Å². The first-order valence-electron chi connectivity index (χ1n) is 8.57. The number of rotatable bonds is 4. The highest BCUT2D eigenvalue weighted by Gasteiger charge is 2.26. The van der Waals surface area contributed by atoms with Gasteiger partial charge in [0.2, 0.25) is 0 Å². The van der Waals surface area contributed by atoms with Gasteiger partial charge in [-0.25, -0.2) is 0 Å². The highest BCUT2D eigenvalue weighted by molar-refractivity contribution is 7.86. The molecule has 0 heterocycles. The predicted octanol–water partition coefficient (Wildman–Crippen LogP) is 3.48. The molecule has 0 saturated heterocycles. The first-order chi connectivity index (χ1) is 13.8. The molecule has 154 valence electrons. The van der Waals surface area contributed by atoms with E-state index in [0.29, 0.717) is 10.8 Å². The van der Waals surface area contributed by atoms with Crippen LogP contribution in [0.15, 0.2) is 46.2 Å². The number of ketones is 2. The summed E-state index contributed by atoms with van der Waals surface area (Å²) in [6, 6.07) is 7.78. The Hall–Kier alpha value is -2.92. The zero-order chi connectivity index (χ0) is 22.2. The van der Waals surface area contributed by atoms with Crippen molar-refractivity contribution in [3.05, 3.63) is 47.5 Å². The quantitative estimate of drug-likeness (QED) is 0.275. The van der Waals surface area contributed by atoms with E-state index in [1.807, 2.05) is 0 Å². The Kier molecular flexibility index (Phi) is 4.27. The maximum atomic E-state index is 12.2. The lowest BCUT2D eigenvalue weighted by atomic mass is 9.88. The van der Waals surface area contributed by atoms with E-state index >= 15 is 0 Å². The number of hydrogen-bond donors (Lipinski definition) is 2. The van der Waals surface area contributed by atoms with Crippen molar-refractivity contribution in [3.63, 3.8) is 0 Å². The fourth-order valence-electron chi connectivity index (χ4n) is 3.94. The van der Waals surface area contributed by atoms with E-state index in [-0.39, 0.29) is 32.7 Å². The van der Waals surface area contributed by atoms with E-state index in [2.05, 4.69) is 0 Å². The van der Waals surface area contributed by atoms with Crippen LogP contribution in [0.2, 0.25) is 0 Å². The van der Waals surface area contributed by atoms with Crippen molar-refractivity contribution in [2.45, 2.75) is 23.6 Å². The van der Waals surface area contributed by atoms with E-state index in [0.717, 1.165) is 12.1 Å². The van der Waals surface area contributed by atoms with Gasteiger partial charge < -0.3 is 0 Å². The molecule has 0 unspecified atom stereocenters. The highest BCUT2D eigenvalue weighted by Crippen LogP contribution is 2.42. The Morgan fingerprint density at radius 3 is 1.20 bits per heavy atom. The molecular weight excluding hydrogens is 432 g/mol.